The van der Waals surface area contributed by atoms with Crippen molar-refractivity contribution < 1.29 is 9.47 Å². The summed E-state index contributed by atoms with van der Waals surface area (Å²) in [7, 11) is 1.66. The van der Waals surface area contributed by atoms with Gasteiger partial charge >= 0.3 is 0 Å². The zero-order valence-corrected chi connectivity index (χ0v) is 16.9. The molecule has 134 valence electrons. The lowest BCUT2D eigenvalue weighted by Crippen LogP contribution is -2.33. The fourth-order valence-electron chi connectivity index (χ4n) is 2.69. The zero-order valence-electron chi connectivity index (χ0n) is 13.7. The van der Waals surface area contributed by atoms with Crippen LogP contribution in [-0.2, 0) is 6.54 Å². The van der Waals surface area contributed by atoms with Gasteiger partial charge in [-0.25, -0.2) is 0 Å². The maximum absolute atomic E-state index is 5.65. The minimum atomic E-state index is 0. The molecule has 1 saturated heterocycles. The number of benzene rings is 1. The lowest BCUT2D eigenvalue weighted by molar-refractivity contribution is 0.309. The van der Waals surface area contributed by atoms with Crippen molar-refractivity contribution in [2.45, 2.75) is 26.3 Å². The largest absolute Gasteiger partial charge is 0.492 e. The van der Waals surface area contributed by atoms with E-state index in [9.17, 15) is 0 Å². The quantitative estimate of drug-likeness (QED) is 0.691. The molecule has 0 radical (unpaired) electrons. The second-order valence-corrected chi connectivity index (χ2v) is 6.22. The first kappa shape index (κ1) is 22.8. The second-order valence-electron chi connectivity index (χ2n) is 5.37. The van der Waals surface area contributed by atoms with Crippen LogP contribution in [-0.4, -0.2) is 33.4 Å². The van der Waals surface area contributed by atoms with E-state index in [0.29, 0.717) is 6.61 Å². The van der Waals surface area contributed by atoms with Gasteiger partial charge in [-0.3, -0.25) is 0 Å². The SMILES string of the molecule is CCOc1cc(CNCC2CCNCC2)cc(Br)c1OC.Cl.Cl. The highest BCUT2D eigenvalue weighted by Gasteiger charge is 2.13. The Morgan fingerprint density at radius 3 is 2.57 bits per heavy atom. The molecule has 23 heavy (non-hydrogen) atoms. The van der Waals surface area contributed by atoms with Crippen molar-refractivity contribution in [3.8, 4) is 11.5 Å². The zero-order chi connectivity index (χ0) is 15.1. The number of hydrogen-bond acceptors (Lipinski definition) is 4. The van der Waals surface area contributed by atoms with Crippen molar-refractivity contribution in [1.29, 1.82) is 0 Å². The average molecular weight is 430 g/mol. The normalized spacial score (nSPS) is 14.6. The van der Waals surface area contributed by atoms with E-state index in [-0.39, 0.29) is 24.8 Å². The minimum absolute atomic E-state index is 0. The first-order valence-corrected chi connectivity index (χ1v) is 8.44. The van der Waals surface area contributed by atoms with E-state index < -0.39 is 0 Å². The predicted molar refractivity (Wildman–Crippen MR) is 104 cm³/mol. The van der Waals surface area contributed by atoms with Crippen LogP contribution in [0, 0.1) is 5.92 Å². The van der Waals surface area contributed by atoms with Crippen LogP contribution in [0.3, 0.4) is 0 Å². The molecule has 0 amide bonds. The molecule has 0 atom stereocenters. The Hall–Kier alpha value is -0.200. The van der Waals surface area contributed by atoms with Crippen LogP contribution in [0.25, 0.3) is 0 Å². The maximum Gasteiger partial charge on any atom is 0.174 e. The Bertz CT molecular complexity index is 458. The molecular formula is C16H27BrCl2N2O2. The molecule has 1 aromatic rings. The number of halogens is 3. The molecule has 0 unspecified atom stereocenters. The van der Waals surface area contributed by atoms with Gasteiger partial charge in [0.15, 0.2) is 11.5 Å². The Morgan fingerprint density at radius 1 is 1.26 bits per heavy atom. The highest BCUT2D eigenvalue weighted by atomic mass is 79.9. The topological polar surface area (TPSA) is 42.5 Å². The van der Waals surface area contributed by atoms with Crippen LogP contribution < -0.4 is 20.1 Å². The van der Waals surface area contributed by atoms with E-state index in [1.807, 2.05) is 6.92 Å². The van der Waals surface area contributed by atoms with Crippen LogP contribution in [0.15, 0.2) is 16.6 Å². The molecule has 1 fully saturated rings. The van der Waals surface area contributed by atoms with Crippen molar-refractivity contribution in [2.24, 2.45) is 5.92 Å². The van der Waals surface area contributed by atoms with E-state index >= 15 is 0 Å². The number of ether oxygens (including phenoxy) is 2. The van der Waals surface area contributed by atoms with Crippen LogP contribution in [0.2, 0.25) is 0 Å². The van der Waals surface area contributed by atoms with Crippen LogP contribution in [0.1, 0.15) is 25.3 Å². The van der Waals surface area contributed by atoms with Gasteiger partial charge in [-0.05, 0) is 78.9 Å². The molecule has 0 saturated carbocycles. The second kappa shape index (κ2) is 12.2. The standard InChI is InChI=1S/C16H25BrN2O2.2ClH/c1-3-21-15-9-13(8-14(17)16(15)20-2)11-19-10-12-4-6-18-7-5-12;;/h8-9,12,18-19H,3-7,10-11H2,1-2H3;2*1H. The van der Waals surface area contributed by atoms with Crippen molar-refractivity contribution in [2.75, 3.05) is 33.4 Å². The molecule has 0 aliphatic carbocycles. The van der Waals surface area contributed by atoms with Gasteiger partial charge in [0.2, 0.25) is 0 Å². The number of hydrogen-bond donors (Lipinski definition) is 2. The lowest BCUT2D eigenvalue weighted by Gasteiger charge is -2.23. The summed E-state index contributed by atoms with van der Waals surface area (Å²) in [6.45, 7) is 6.84. The fourth-order valence-corrected chi connectivity index (χ4v) is 3.34. The van der Waals surface area contributed by atoms with Gasteiger partial charge in [0.25, 0.3) is 0 Å². The molecule has 1 aromatic carbocycles. The summed E-state index contributed by atoms with van der Waals surface area (Å²) >= 11 is 3.56. The molecule has 4 nitrogen and oxygen atoms in total. The van der Waals surface area contributed by atoms with Gasteiger partial charge in [0.1, 0.15) is 0 Å². The lowest BCUT2D eigenvalue weighted by atomic mass is 9.98. The van der Waals surface area contributed by atoms with Gasteiger partial charge < -0.3 is 20.1 Å². The number of piperidine rings is 1. The minimum Gasteiger partial charge on any atom is -0.492 e. The van der Waals surface area contributed by atoms with Crippen LogP contribution in [0.4, 0.5) is 0 Å². The molecule has 0 spiro atoms. The summed E-state index contributed by atoms with van der Waals surface area (Å²) < 4.78 is 12.0. The Labute approximate surface area is 160 Å². The summed E-state index contributed by atoms with van der Waals surface area (Å²) in [5.74, 6) is 2.35. The maximum atomic E-state index is 5.65. The molecule has 1 aliphatic heterocycles. The van der Waals surface area contributed by atoms with Crippen LogP contribution >= 0.6 is 40.7 Å². The van der Waals surface area contributed by atoms with Crippen LogP contribution in [0.5, 0.6) is 11.5 Å². The highest BCUT2D eigenvalue weighted by molar-refractivity contribution is 9.10. The Morgan fingerprint density at radius 2 is 1.96 bits per heavy atom. The summed E-state index contributed by atoms with van der Waals surface area (Å²) in [5, 5.41) is 6.96. The Kier molecular flexibility index (Phi) is 12.1. The van der Waals surface area contributed by atoms with E-state index in [1.54, 1.807) is 7.11 Å². The van der Waals surface area contributed by atoms with Crippen molar-refractivity contribution in [3.63, 3.8) is 0 Å². The summed E-state index contributed by atoms with van der Waals surface area (Å²) in [4.78, 5) is 0. The van der Waals surface area contributed by atoms with E-state index in [0.717, 1.165) is 48.1 Å². The van der Waals surface area contributed by atoms with E-state index in [1.165, 1.54) is 18.4 Å². The number of nitrogens with one attached hydrogen (secondary N) is 2. The summed E-state index contributed by atoms with van der Waals surface area (Å²) in [5.41, 5.74) is 1.21. The summed E-state index contributed by atoms with van der Waals surface area (Å²) in [6, 6.07) is 4.15. The monoisotopic (exact) mass is 428 g/mol. The molecule has 2 N–H and O–H groups in total. The van der Waals surface area contributed by atoms with Gasteiger partial charge in [0, 0.05) is 6.54 Å². The molecule has 1 heterocycles. The van der Waals surface area contributed by atoms with Crippen molar-refractivity contribution in [3.05, 3.63) is 22.2 Å². The Balaban J connectivity index is 0.00000242. The molecule has 0 bridgehead atoms. The predicted octanol–water partition coefficient (Wildman–Crippen LogP) is 3.79. The van der Waals surface area contributed by atoms with Gasteiger partial charge in [0.05, 0.1) is 18.2 Å². The van der Waals surface area contributed by atoms with Crippen molar-refractivity contribution in [1.82, 2.24) is 10.6 Å². The third-order valence-electron chi connectivity index (χ3n) is 3.79. The van der Waals surface area contributed by atoms with Gasteiger partial charge in [-0.15, -0.1) is 24.8 Å². The fraction of sp³-hybridized carbons (Fsp3) is 0.625. The number of methoxy groups -OCH3 is 1. The first-order valence-electron chi connectivity index (χ1n) is 7.65. The van der Waals surface area contributed by atoms with E-state index in [4.69, 9.17) is 9.47 Å². The van der Waals surface area contributed by atoms with Gasteiger partial charge in [-0.1, -0.05) is 0 Å². The molecular weight excluding hydrogens is 403 g/mol. The molecule has 1 aliphatic rings. The molecule has 2 rings (SSSR count). The van der Waals surface area contributed by atoms with E-state index in [2.05, 4.69) is 38.7 Å². The molecule has 7 heteroatoms. The van der Waals surface area contributed by atoms with Crippen molar-refractivity contribution >= 4 is 40.7 Å². The first-order chi connectivity index (χ1) is 10.2. The highest BCUT2D eigenvalue weighted by Crippen LogP contribution is 2.36. The third kappa shape index (κ3) is 7.06. The average Bonchev–Trinajstić information content (AvgIpc) is 2.48. The summed E-state index contributed by atoms with van der Waals surface area (Å²) in [6.07, 6.45) is 2.53. The molecule has 0 aromatic heterocycles. The smallest absolute Gasteiger partial charge is 0.174 e. The number of rotatable bonds is 7. The third-order valence-corrected chi connectivity index (χ3v) is 4.38. The van der Waals surface area contributed by atoms with Gasteiger partial charge in [-0.2, -0.15) is 0 Å².